The fourth-order valence-corrected chi connectivity index (χ4v) is 4.24. The summed E-state index contributed by atoms with van der Waals surface area (Å²) in [6, 6.07) is 1.51. The van der Waals surface area contributed by atoms with Crippen molar-refractivity contribution in [2.24, 2.45) is 0 Å². The second kappa shape index (κ2) is 6.79. The summed E-state index contributed by atoms with van der Waals surface area (Å²) < 4.78 is 5.74. The second-order valence-corrected chi connectivity index (χ2v) is 7.45. The van der Waals surface area contributed by atoms with Crippen molar-refractivity contribution < 1.29 is 14.0 Å². The number of hydrogen-bond donors (Lipinski definition) is 1. The number of carbonyl (C=O) groups excluding carboxylic acids is 2. The Hall–Kier alpha value is -2.70. The van der Waals surface area contributed by atoms with Crippen LogP contribution in [0.5, 0.6) is 0 Å². The zero-order valence-corrected chi connectivity index (χ0v) is 15.6. The number of aromatic nitrogens is 2. The molecule has 0 unspecified atom stereocenters. The van der Waals surface area contributed by atoms with Crippen LogP contribution in [0.3, 0.4) is 0 Å². The van der Waals surface area contributed by atoms with Gasteiger partial charge in [-0.3, -0.25) is 14.4 Å². The number of amides is 1. The van der Waals surface area contributed by atoms with E-state index in [0.29, 0.717) is 54.4 Å². The first-order valence-corrected chi connectivity index (χ1v) is 9.46. The Bertz CT molecular complexity index is 972. The van der Waals surface area contributed by atoms with Gasteiger partial charge in [0.2, 0.25) is 0 Å². The number of carbonyl (C=O) groups is 2. The Morgan fingerprint density at radius 3 is 2.85 bits per heavy atom. The lowest BCUT2D eigenvalue weighted by Gasteiger charge is -2.32. The molecular weight excluding hydrogens is 346 g/mol. The number of ketones is 1. The minimum Gasteiger partial charge on any atom is -0.465 e. The zero-order chi connectivity index (χ0) is 19.1. The second-order valence-electron chi connectivity index (χ2n) is 7.45. The van der Waals surface area contributed by atoms with Crippen LogP contribution in [0.2, 0.25) is 0 Å². The first-order valence-electron chi connectivity index (χ1n) is 9.46. The molecule has 1 atom stereocenters. The number of likely N-dealkylation sites (tertiary alicyclic amines) is 1. The Kier molecular flexibility index (Phi) is 4.45. The van der Waals surface area contributed by atoms with E-state index < -0.39 is 0 Å². The molecule has 2 aromatic heterocycles. The molecule has 0 bridgehead atoms. The molecule has 0 aromatic carbocycles. The SMILES string of the molecule is Cc1nc([C@@H]2CCCN(C(=O)c3c(C)oc4c3C(=O)CCC4)C2)cc(=O)[nH]1. The molecule has 1 saturated heterocycles. The van der Waals surface area contributed by atoms with E-state index in [1.54, 1.807) is 18.7 Å². The molecule has 1 N–H and O–H groups in total. The molecule has 1 aliphatic carbocycles. The van der Waals surface area contributed by atoms with Crippen molar-refractivity contribution in [3.63, 3.8) is 0 Å². The van der Waals surface area contributed by atoms with Gasteiger partial charge in [0.1, 0.15) is 17.3 Å². The Labute approximate surface area is 156 Å². The number of rotatable bonds is 2. The van der Waals surface area contributed by atoms with Gasteiger partial charge < -0.3 is 14.3 Å². The number of fused-ring (bicyclic) bond motifs is 1. The molecule has 1 amide bonds. The average molecular weight is 369 g/mol. The van der Waals surface area contributed by atoms with Gasteiger partial charge in [0, 0.05) is 37.9 Å². The number of H-pyrrole nitrogens is 1. The summed E-state index contributed by atoms with van der Waals surface area (Å²) in [5.74, 6) is 1.60. The fourth-order valence-electron chi connectivity index (χ4n) is 4.24. The summed E-state index contributed by atoms with van der Waals surface area (Å²) in [7, 11) is 0. The van der Waals surface area contributed by atoms with Crippen LogP contribution in [0.1, 0.15) is 75.4 Å². The summed E-state index contributed by atoms with van der Waals surface area (Å²) in [6.07, 6.45) is 3.64. The van der Waals surface area contributed by atoms with Crippen LogP contribution in [0.15, 0.2) is 15.3 Å². The van der Waals surface area contributed by atoms with E-state index in [1.165, 1.54) is 6.07 Å². The van der Waals surface area contributed by atoms with Gasteiger partial charge in [0.05, 0.1) is 16.8 Å². The third-order valence-electron chi connectivity index (χ3n) is 5.46. The molecular formula is C20H23N3O4. The minimum absolute atomic E-state index is 0.00288. The Morgan fingerprint density at radius 2 is 2.07 bits per heavy atom. The van der Waals surface area contributed by atoms with Crippen LogP contribution >= 0.6 is 0 Å². The molecule has 27 heavy (non-hydrogen) atoms. The van der Waals surface area contributed by atoms with E-state index in [0.717, 1.165) is 25.0 Å². The molecule has 4 rings (SSSR count). The van der Waals surface area contributed by atoms with Gasteiger partial charge in [-0.25, -0.2) is 4.98 Å². The summed E-state index contributed by atoms with van der Waals surface area (Å²) in [4.78, 5) is 46.3. The highest BCUT2D eigenvalue weighted by atomic mass is 16.3. The molecule has 0 radical (unpaired) electrons. The fraction of sp³-hybridized carbons (Fsp3) is 0.500. The van der Waals surface area contributed by atoms with Crippen molar-refractivity contribution in [3.05, 3.63) is 50.6 Å². The smallest absolute Gasteiger partial charge is 0.258 e. The van der Waals surface area contributed by atoms with Crippen LogP contribution < -0.4 is 5.56 Å². The van der Waals surface area contributed by atoms with Gasteiger partial charge in [-0.1, -0.05) is 0 Å². The number of aromatic amines is 1. The van der Waals surface area contributed by atoms with E-state index in [-0.39, 0.29) is 23.2 Å². The van der Waals surface area contributed by atoms with Gasteiger partial charge in [0.15, 0.2) is 5.78 Å². The highest BCUT2D eigenvalue weighted by Crippen LogP contribution is 2.32. The molecule has 7 heteroatoms. The van der Waals surface area contributed by atoms with Gasteiger partial charge in [-0.2, -0.15) is 0 Å². The number of hydrogen-bond acceptors (Lipinski definition) is 5. The number of furan rings is 1. The van der Waals surface area contributed by atoms with Crippen molar-refractivity contribution >= 4 is 11.7 Å². The summed E-state index contributed by atoms with van der Waals surface area (Å²) >= 11 is 0. The molecule has 0 saturated carbocycles. The van der Waals surface area contributed by atoms with Crippen LogP contribution in [0, 0.1) is 13.8 Å². The molecule has 1 fully saturated rings. The number of nitrogens with one attached hydrogen (secondary N) is 1. The van der Waals surface area contributed by atoms with Gasteiger partial charge in [0.25, 0.3) is 11.5 Å². The van der Waals surface area contributed by atoms with Gasteiger partial charge in [-0.05, 0) is 33.1 Å². The van der Waals surface area contributed by atoms with E-state index >= 15 is 0 Å². The monoisotopic (exact) mass is 369 g/mol. The average Bonchev–Trinajstić information content (AvgIpc) is 2.97. The van der Waals surface area contributed by atoms with Gasteiger partial charge >= 0.3 is 0 Å². The maximum absolute atomic E-state index is 13.2. The van der Waals surface area contributed by atoms with E-state index in [1.807, 2.05) is 0 Å². The molecule has 2 aromatic rings. The van der Waals surface area contributed by atoms with Gasteiger partial charge in [-0.15, -0.1) is 0 Å². The first-order chi connectivity index (χ1) is 12.9. The minimum atomic E-state index is -0.175. The third-order valence-corrected chi connectivity index (χ3v) is 5.46. The van der Waals surface area contributed by atoms with E-state index in [9.17, 15) is 14.4 Å². The van der Waals surface area contributed by atoms with E-state index in [2.05, 4.69) is 9.97 Å². The molecule has 7 nitrogen and oxygen atoms in total. The predicted molar refractivity (Wildman–Crippen MR) is 98.2 cm³/mol. The lowest BCUT2D eigenvalue weighted by atomic mass is 9.91. The Balaban J connectivity index is 1.62. The van der Waals surface area contributed by atoms with Crippen LogP contribution in [0.25, 0.3) is 0 Å². The number of piperidine rings is 1. The number of Topliss-reactive ketones (excluding diaryl/α,β-unsaturated/α-hetero) is 1. The van der Waals surface area contributed by atoms with Crippen LogP contribution in [0.4, 0.5) is 0 Å². The molecule has 0 spiro atoms. The Morgan fingerprint density at radius 1 is 1.26 bits per heavy atom. The maximum Gasteiger partial charge on any atom is 0.258 e. The molecule has 1 aliphatic heterocycles. The lowest BCUT2D eigenvalue weighted by molar-refractivity contribution is 0.0699. The summed E-state index contributed by atoms with van der Waals surface area (Å²) in [6.45, 7) is 4.62. The van der Waals surface area contributed by atoms with E-state index in [4.69, 9.17) is 4.42 Å². The topological polar surface area (TPSA) is 96.3 Å². The van der Waals surface area contributed by atoms with Crippen molar-refractivity contribution in [3.8, 4) is 0 Å². The third kappa shape index (κ3) is 3.22. The zero-order valence-electron chi connectivity index (χ0n) is 15.6. The number of nitrogens with zero attached hydrogens (tertiary/aromatic N) is 2. The lowest BCUT2D eigenvalue weighted by Crippen LogP contribution is -2.40. The predicted octanol–water partition coefficient (Wildman–Crippen LogP) is 2.52. The van der Waals surface area contributed by atoms with Crippen molar-refractivity contribution in [1.29, 1.82) is 0 Å². The number of aryl methyl sites for hydroxylation is 3. The summed E-state index contributed by atoms with van der Waals surface area (Å²) in [5, 5.41) is 0. The van der Waals surface area contributed by atoms with Crippen molar-refractivity contribution in [2.75, 3.05) is 13.1 Å². The highest BCUT2D eigenvalue weighted by molar-refractivity contribution is 6.10. The largest absolute Gasteiger partial charge is 0.465 e. The standard InChI is InChI=1S/C20H23N3O4/c1-11-18(19-15(24)6-3-7-16(19)27-11)20(26)23-8-4-5-13(10-23)14-9-17(25)22-12(2)21-14/h9,13H,3-8,10H2,1-2H3,(H,21,22,25)/t13-/m1/s1. The normalized spacial score (nSPS) is 19.9. The maximum atomic E-state index is 13.2. The quantitative estimate of drug-likeness (QED) is 0.877. The molecule has 142 valence electrons. The summed E-state index contributed by atoms with van der Waals surface area (Å²) in [5.41, 5.74) is 1.45. The molecule has 3 heterocycles. The highest BCUT2D eigenvalue weighted by Gasteiger charge is 2.34. The van der Waals surface area contributed by atoms with Crippen LogP contribution in [-0.2, 0) is 6.42 Å². The van der Waals surface area contributed by atoms with Crippen molar-refractivity contribution in [2.45, 2.75) is 51.9 Å². The van der Waals surface area contributed by atoms with Crippen molar-refractivity contribution in [1.82, 2.24) is 14.9 Å². The van der Waals surface area contributed by atoms with Crippen LogP contribution in [-0.4, -0.2) is 39.6 Å². The first kappa shape index (κ1) is 17.7. The molecule has 2 aliphatic rings.